The van der Waals surface area contributed by atoms with Gasteiger partial charge in [-0.05, 0) is 57.3 Å². The van der Waals surface area contributed by atoms with Crippen molar-refractivity contribution in [3.05, 3.63) is 35.4 Å². The van der Waals surface area contributed by atoms with E-state index in [9.17, 15) is 13.6 Å². The molecule has 1 saturated carbocycles. The molecule has 1 aromatic rings. The first-order valence-corrected chi connectivity index (χ1v) is 8.49. The van der Waals surface area contributed by atoms with E-state index in [0.717, 1.165) is 38.9 Å². The Labute approximate surface area is 136 Å². The normalized spacial score (nSPS) is 24.7. The molecule has 1 amide bonds. The molecule has 23 heavy (non-hydrogen) atoms. The van der Waals surface area contributed by atoms with Gasteiger partial charge in [-0.15, -0.1) is 0 Å². The molecule has 0 bridgehead atoms. The molecule has 2 fully saturated rings. The van der Waals surface area contributed by atoms with Crippen molar-refractivity contribution < 1.29 is 13.6 Å². The van der Waals surface area contributed by atoms with Crippen LogP contribution in [0.15, 0.2) is 18.2 Å². The van der Waals surface area contributed by atoms with E-state index >= 15 is 0 Å². The van der Waals surface area contributed by atoms with Crippen LogP contribution in [0.2, 0.25) is 0 Å². The van der Waals surface area contributed by atoms with Gasteiger partial charge in [0.25, 0.3) is 0 Å². The maximum absolute atomic E-state index is 13.8. The number of amides is 1. The lowest BCUT2D eigenvalue weighted by Gasteiger charge is -2.32. The topological polar surface area (TPSA) is 32.3 Å². The van der Waals surface area contributed by atoms with Gasteiger partial charge in [-0.1, -0.05) is 6.07 Å². The molecular weight excluding hydrogens is 298 g/mol. The third-order valence-electron chi connectivity index (χ3n) is 5.21. The number of carbonyl (C=O) groups is 1. The number of rotatable bonds is 5. The molecule has 126 valence electrons. The zero-order valence-electron chi connectivity index (χ0n) is 13.5. The molecule has 2 unspecified atom stereocenters. The van der Waals surface area contributed by atoms with Crippen LogP contribution in [0.5, 0.6) is 0 Å². The summed E-state index contributed by atoms with van der Waals surface area (Å²) in [6, 6.07) is 3.90. The minimum absolute atomic E-state index is 0.0738. The lowest BCUT2D eigenvalue weighted by atomic mass is 9.93. The highest BCUT2D eigenvalue weighted by Gasteiger charge is 2.48. The smallest absolute Gasteiger partial charge is 0.226 e. The molecule has 0 radical (unpaired) electrons. The summed E-state index contributed by atoms with van der Waals surface area (Å²) in [5.41, 5.74) is 0.0924. The van der Waals surface area contributed by atoms with Gasteiger partial charge >= 0.3 is 0 Å². The van der Waals surface area contributed by atoms with Crippen molar-refractivity contribution >= 4 is 5.91 Å². The summed E-state index contributed by atoms with van der Waals surface area (Å²) >= 11 is 0. The zero-order chi connectivity index (χ0) is 16.4. The van der Waals surface area contributed by atoms with E-state index in [-0.39, 0.29) is 23.3 Å². The molecule has 3 rings (SSSR count). The molecule has 2 atom stereocenters. The molecule has 1 saturated heterocycles. The maximum atomic E-state index is 13.8. The van der Waals surface area contributed by atoms with E-state index in [1.807, 2.05) is 11.9 Å². The minimum Gasteiger partial charge on any atom is -0.342 e. The van der Waals surface area contributed by atoms with Crippen molar-refractivity contribution in [1.29, 1.82) is 0 Å². The maximum Gasteiger partial charge on any atom is 0.226 e. The average Bonchev–Trinajstić information content (AvgIpc) is 3.33. The highest BCUT2D eigenvalue weighted by Crippen LogP contribution is 2.50. The minimum atomic E-state index is -0.531. The van der Waals surface area contributed by atoms with E-state index < -0.39 is 11.6 Å². The van der Waals surface area contributed by atoms with E-state index in [0.29, 0.717) is 12.3 Å². The SMILES string of the molecule is CNCCC1CCN(C(=O)C2CC2c2c(F)cccc2F)CC1. The van der Waals surface area contributed by atoms with E-state index in [1.54, 1.807) is 0 Å². The molecular formula is C18H24F2N2O. The first-order chi connectivity index (χ1) is 11.1. The number of hydrogen-bond donors (Lipinski definition) is 1. The lowest BCUT2D eigenvalue weighted by Crippen LogP contribution is -2.40. The number of nitrogens with one attached hydrogen (secondary N) is 1. The quantitative estimate of drug-likeness (QED) is 0.904. The second kappa shape index (κ2) is 6.95. The summed E-state index contributed by atoms with van der Waals surface area (Å²) in [5.74, 6) is -0.844. The summed E-state index contributed by atoms with van der Waals surface area (Å²) in [6.07, 6.45) is 3.76. The number of halogens is 2. The van der Waals surface area contributed by atoms with Gasteiger partial charge in [0.15, 0.2) is 0 Å². The van der Waals surface area contributed by atoms with Crippen molar-refractivity contribution in [3.63, 3.8) is 0 Å². The van der Waals surface area contributed by atoms with E-state index in [1.165, 1.54) is 18.2 Å². The number of likely N-dealkylation sites (tertiary alicyclic amines) is 1. The third kappa shape index (κ3) is 3.55. The summed E-state index contributed by atoms with van der Waals surface area (Å²) in [7, 11) is 1.95. The molecule has 1 aliphatic carbocycles. The number of hydrogen-bond acceptors (Lipinski definition) is 2. The van der Waals surface area contributed by atoms with Crippen LogP contribution in [0.1, 0.15) is 37.2 Å². The Bertz CT molecular complexity index is 550. The van der Waals surface area contributed by atoms with Gasteiger partial charge in [0.2, 0.25) is 5.91 Å². The second-order valence-corrected chi connectivity index (χ2v) is 6.74. The van der Waals surface area contributed by atoms with Crippen LogP contribution in [0.3, 0.4) is 0 Å². The first kappa shape index (κ1) is 16.4. The fourth-order valence-electron chi connectivity index (χ4n) is 3.68. The molecule has 0 aromatic heterocycles. The van der Waals surface area contributed by atoms with Crippen molar-refractivity contribution in [2.24, 2.45) is 11.8 Å². The number of benzene rings is 1. The highest BCUT2D eigenvalue weighted by atomic mass is 19.1. The van der Waals surface area contributed by atoms with Crippen molar-refractivity contribution in [1.82, 2.24) is 10.2 Å². The number of carbonyl (C=O) groups excluding carboxylic acids is 1. The molecule has 1 aromatic carbocycles. The van der Waals surface area contributed by atoms with Crippen molar-refractivity contribution in [2.75, 3.05) is 26.7 Å². The fraction of sp³-hybridized carbons (Fsp3) is 0.611. The Morgan fingerprint density at radius 3 is 2.52 bits per heavy atom. The Kier molecular flexibility index (Phi) is 4.95. The van der Waals surface area contributed by atoms with Gasteiger partial charge in [0.05, 0.1) is 0 Å². The second-order valence-electron chi connectivity index (χ2n) is 6.74. The van der Waals surface area contributed by atoms with E-state index in [2.05, 4.69) is 5.32 Å². The Morgan fingerprint density at radius 2 is 1.91 bits per heavy atom. The largest absolute Gasteiger partial charge is 0.342 e. The molecule has 2 aliphatic rings. The summed E-state index contributed by atoms with van der Waals surface area (Å²) in [5, 5.41) is 3.16. The molecule has 3 nitrogen and oxygen atoms in total. The summed E-state index contributed by atoms with van der Waals surface area (Å²) in [6.45, 7) is 2.56. The Balaban J connectivity index is 1.55. The van der Waals surface area contributed by atoms with Gasteiger partial charge in [-0.25, -0.2) is 8.78 Å². The fourth-order valence-corrected chi connectivity index (χ4v) is 3.68. The third-order valence-corrected chi connectivity index (χ3v) is 5.21. The first-order valence-electron chi connectivity index (χ1n) is 8.49. The molecule has 1 heterocycles. The van der Waals surface area contributed by atoms with Crippen LogP contribution in [0, 0.1) is 23.5 Å². The summed E-state index contributed by atoms with van der Waals surface area (Å²) < 4.78 is 27.6. The van der Waals surface area contributed by atoms with Crippen molar-refractivity contribution in [3.8, 4) is 0 Å². The van der Waals surface area contributed by atoms with Gasteiger partial charge < -0.3 is 10.2 Å². The highest BCUT2D eigenvalue weighted by molar-refractivity contribution is 5.83. The average molecular weight is 322 g/mol. The Morgan fingerprint density at radius 1 is 1.26 bits per heavy atom. The lowest BCUT2D eigenvalue weighted by molar-refractivity contribution is -0.134. The van der Waals surface area contributed by atoms with Crippen LogP contribution >= 0.6 is 0 Å². The summed E-state index contributed by atoms with van der Waals surface area (Å²) in [4.78, 5) is 14.4. The van der Waals surface area contributed by atoms with Gasteiger partial charge in [0, 0.05) is 30.5 Å². The van der Waals surface area contributed by atoms with Crippen LogP contribution in [-0.2, 0) is 4.79 Å². The predicted molar refractivity (Wildman–Crippen MR) is 85.1 cm³/mol. The zero-order valence-corrected chi connectivity index (χ0v) is 13.5. The van der Waals surface area contributed by atoms with Crippen LogP contribution < -0.4 is 5.32 Å². The number of nitrogens with zero attached hydrogens (tertiary/aromatic N) is 1. The van der Waals surface area contributed by atoms with Gasteiger partial charge in [-0.2, -0.15) is 0 Å². The van der Waals surface area contributed by atoms with E-state index in [4.69, 9.17) is 0 Å². The van der Waals surface area contributed by atoms with Crippen molar-refractivity contribution in [2.45, 2.75) is 31.6 Å². The van der Waals surface area contributed by atoms with Crippen LogP contribution in [0.4, 0.5) is 8.78 Å². The van der Waals surface area contributed by atoms with Gasteiger partial charge in [-0.3, -0.25) is 4.79 Å². The molecule has 5 heteroatoms. The molecule has 1 N–H and O–H groups in total. The molecule has 1 aliphatic heterocycles. The standard InChI is InChI=1S/C18H24F2N2O/c1-21-8-5-12-6-9-22(10-7-12)18(23)14-11-13(14)17-15(19)3-2-4-16(17)20/h2-4,12-14,21H,5-11H2,1H3. The van der Waals surface area contributed by atoms with Gasteiger partial charge in [0.1, 0.15) is 11.6 Å². The van der Waals surface area contributed by atoms with Crippen LogP contribution in [0.25, 0.3) is 0 Å². The Hall–Kier alpha value is -1.49. The number of piperidine rings is 1. The molecule has 0 spiro atoms. The monoisotopic (exact) mass is 322 g/mol. The van der Waals surface area contributed by atoms with Crippen LogP contribution in [-0.4, -0.2) is 37.5 Å². The predicted octanol–water partition coefficient (Wildman–Crippen LogP) is 2.92.